The second kappa shape index (κ2) is 6.25. The van der Waals surface area contributed by atoms with E-state index in [2.05, 4.69) is 4.85 Å². The zero-order valence-corrected chi connectivity index (χ0v) is 13.2. The highest BCUT2D eigenvalue weighted by molar-refractivity contribution is 7.90. The summed E-state index contributed by atoms with van der Waals surface area (Å²) in [5.74, 6) is -0.715. The highest BCUT2D eigenvalue weighted by atomic mass is 35.5. The third-order valence-corrected chi connectivity index (χ3v) is 4.44. The number of benzene rings is 2. The minimum absolute atomic E-state index is 0.00401. The van der Waals surface area contributed by atoms with Gasteiger partial charge in [-0.2, -0.15) is 5.26 Å². The molecule has 0 amide bonds. The molecule has 2 aromatic carbocycles. The quantitative estimate of drug-likeness (QED) is 0.781. The molecule has 0 atom stereocenters. The number of nitriles is 1. The maximum Gasteiger partial charge on any atom is 0.193 e. The lowest BCUT2D eigenvalue weighted by Crippen LogP contribution is -2.00. The summed E-state index contributed by atoms with van der Waals surface area (Å²) in [6, 6.07) is 7.57. The van der Waals surface area contributed by atoms with Crippen molar-refractivity contribution in [3.63, 3.8) is 0 Å². The Hall–Kier alpha value is -2.61. The topological polar surface area (TPSA) is 71.5 Å². The van der Waals surface area contributed by atoms with Crippen LogP contribution in [0.2, 0.25) is 5.02 Å². The molecule has 0 aromatic heterocycles. The Balaban J connectivity index is 2.55. The molecule has 0 saturated heterocycles. The smallest absolute Gasteiger partial charge is 0.193 e. The summed E-state index contributed by atoms with van der Waals surface area (Å²) in [5.41, 5.74) is -0.166. The zero-order valence-electron chi connectivity index (χ0n) is 11.7. The molecule has 0 aliphatic rings. The largest absolute Gasteiger partial charge is 0.457 e. The number of nitrogens with zero attached hydrogens (tertiary/aromatic N) is 2. The minimum atomic E-state index is -3.61. The Bertz CT molecular complexity index is 975. The van der Waals surface area contributed by atoms with E-state index >= 15 is 0 Å². The molecule has 0 unspecified atom stereocenters. The second-order valence-corrected chi connectivity index (χ2v) is 6.86. The van der Waals surface area contributed by atoms with Crippen LogP contribution in [-0.4, -0.2) is 14.7 Å². The average molecular weight is 351 g/mol. The lowest BCUT2D eigenvalue weighted by Gasteiger charge is -2.11. The van der Waals surface area contributed by atoms with E-state index in [0.717, 1.165) is 18.4 Å². The van der Waals surface area contributed by atoms with Crippen LogP contribution in [0.1, 0.15) is 5.56 Å². The SMILES string of the molecule is [C-]#[N+]c1cc(F)cc(Oc2ccc(S(C)(=O)=O)c(Cl)c2C#N)c1. The first-order chi connectivity index (χ1) is 10.8. The first kappa shape index (κ1) is 16.8. The monoisotopic (exact) mass is 350 g/mol. The molecule has 0 aliphatic carbocycles. The highest BCUT2D eigenvalue weighted by Crippen LogP contribution is 2.35. The molecule has 8 heteroatoms. The van der Waals surface area contributed by atoms with Gasteiger partial charge in [0.2, 0.25) is 0 Å². The third kappa shape index (κ3) is 3.59. The van der Waals surface area contributed by atoms with Crippen LogP contribution in [0, 0.1) is 23.7 Å². The molecule has 0 saturated carbocycles. The van der Waals surface area contributed by atoms with Gasteiger partial charge < -0.3 is 4.74 Å². The van der Waals surface area contributed by atoms with Gasteiger partial charge in [0.05, 0.1) is 16.5 Å². The van der Waals surface area contributed by atoms with Gasteiger partial charge in [0, 0.05) is 12.3 Å². The fraction of sp³-hybridized carbons (Fsp3) is 0.0667. The molecule has 0 spiro atoms. The van der Waals surface area contributed by atoms with Crippen LogP contribution >= 0.6 is 11.6 Å². The van der Waals surface area contributed by atoms with Gasteiger partial charge in [0.1, 0.15) is 28.9 Å². The maximum atomic E-state index is 13.4. The molecule has 116 valence electrons. The molecule has 0 heterocycles. The van der Waals surface area contributed by atoms with Crippen LogP contribution in [0.5, 0.6) is 11.5 Å². The van der Waals surface area contributed by atoms with E-state index in [0.29, 0.717) is 0 Å². The van der Waals surface area contributed by atoms with Crippen LogP contribution in [0.3, 0.4) is 0 Å². The number of rotatable bonds is 3. The standard InChI is InChI=1S/C15H8ClFN2O3S/c1-19-10-5-9(17)6-11(7-10)22-13-3-4-14(23(2,20)21)15(16)12(13)8-18/h3-7H,2H3. The molecule has 2 rings (SSSR count). The molecule has 0 N–H and O–H groups in total. The van der Waals surface area contributed by atoms with E-state index in [4.69, 9.17) is 22.9 Å². The van der Waals surface area contributed by atoms with Gasteiger partial charge >= 0.3 is 0 Å². The van der Waals surface area contributed by atoms with Gasteiger partial charge in [-0.1, -0.05) is 11.6 Å². The fourth-order valence-electron chi connectivity index (χ4n) is 1.81. The van der Waals surface area contributed by atoms with Crippen molar-refractivity contribution in [3.8, 4) is 17.6 Å². The van der Waals surface area contributed by atoms with Crippen molar-refractivity contribution < 1.29 is 17.5 Å². The van der Waals surface area contributed by atoms with Gasteiger partial charge in [-0.05, 0) is 24.3 Å². The molecule has 0 fully saturated rings. The average Bonchev–Trinajstić information content (AvgIpc) is 2.45. The Labute approximate surface area is 137 Å². The van der Waals surface area contributed by atoms with E-state index in [9.17, 15) is 18.1 Å². The normalized spacial score (nSPS) is 10.7. The molecule has 0 radical (unpaired) electrons. The molecule has 2 aromatic rings. The molecular weight excluding hydrogens is 343 g/mol. The summed E-state index contributed by atoms with van der Waals surface area (Å²) in [4.78, 5) is 2.90. The second-order valence-electron chi connectivity index (χ2n) is 4.49. The van der Waals surface area contributed by atoms with Crippen molar-refractivity contribution in [2.24, 2.45) is 0 Å². The summed E-state index contributed by atoms with van der Waals surface area (Å²) in [6.07, 6.45) is 0.963. The molecule has 0 aliphatic heterocycles. The molecule has 0 bridgehead atoms. The molecule has 23 heavy (non-hydrogen) atoms. The number of halogens is 2. The highest BCUT2D eigenvalue weighted by Gasteiger charge is 2.19. The van der Waals surface area contributed by atoms with Gasteiger partial charge in [0.15, 0.2) is 15.5 Å². The predicted octanol–water partition coefficient (Wildman–Crippen LogP) is 4.10. The summed E-state index contributed by atoms with van der Waals surface area (Å²) >= 11 is 5.95. The van der Waals surface area contributed by atoms with Gasteiger partial charge in [-0.25, -0.2) is 17.7 Å². The van der Waals surface area contributed by atoms with Gasteiger partial charge in [0.25, 0.3) is 0 Å². The molecular formula is C15H8ClFN2O3S. The lowest BCUT2D eigenvalue weighted by molar-refractivity contribution is 0.475. The zero-order chi connectivity index (χ0) is 17.2. The Morgan fingerprint density at radius 1 is 1.35 bits per heavy atom. The number of ether oxygens (including phenoxy) is 1. The van der Waals surface area contributed by atoms with Crippen LogP contribution in [-0.2, 0) is 9.84 Å². The van der Waals surface area contributed by atoms with Crippen LogP contribution in [0.4, 0.5) is 10.1 Å². The van der Waals surface area contributed by atoms with Crippen molar-refractivity contribution in [2.45, 2.75) is 4.90 Å². The lowest BCUT2D eigenvalue weighted by atomic mass is 10.2. The summed E-state index contributed by atoms with van der Waals surface area (Å²) in [7, 11) is -3.61. The van der Waals surface area contributed by atoms with Crippen LogP contribution in [0.15, 0.2) is 35.2 Å². The molecule has 5 nitrogen and oxygen atoms in total. The van der Waals surface area contributed by atoms with Gasteiger partial charge in [-0.15, -0.1) is 0 Å². The number of sulfone groups is 1. The Morgan fingerprint density at radius 3 is 2.61 bits per heavy atom. The van der Waals surface area contributed by atoms with Crippen molar-refractivity contribution in [3.05, 3.63) is 58.2 Å². The van der Waals surface area contributed by atoms with E-state index < -0.39 is 15.7 Å². The van der Waals surface area contributed by atoms with Crippen LogP contribution in [0.25, 0.3) is 4.85 Å². The van der Waals surface area contributed by atoms with Crippen molar-refractivity contribution in [2.75, 3.05) is 6.26 Å². The van der Waals surface area contributed by atoms with E-state index in [1.807, 2.05) is 0 Å². The van der Waals surface area contributed by atoms with Crippen molar-refractivity contribution in [1.82, 2.24) is 0 Å². The Morgan fingerprint density at radius 2 is 2.04 bits per heavy atom. The summed E-state index contributed by atoms with van der Waals surface area (Å²) < 4.78 is 42.0. The predicted molar refractivity (Wildman–Crippen MR) is 82.0 cm³/mol. The van der Waals surface area contributed by atoms with Crippen molar-refractivity contribution in [1.29, 1.82) is 5.26 Å². The van der Waals surface area contributed by atoms with Crippen molar-refractivity contribution >= 4 is 27.1 Å². The van der Waals surface area contributed by atoms with E-state index in [1.165, 1.54) is 18.2 Å². The minimum Gasteiger partial charge on any atom is -0.457 e. The third-order valence-electron chi connectivity index (χ3n) is 2.79. The number of hydrogen-bond acceptors (Lipinski definition) is 4. The van der Waals surface area contributed by atoms with Gasteiger partial charge in [-0.3, -0.25) is 0 Å². The summed E-state index contributed by atoms with van der Waals surface area (Å²) in [5, 5.41) is 8.92. The van der Waals surface area contributed by atoms with Crippen LogP contribution < -0.4 is 4.74 Å². The van der Waals surface area contributed by atoms with E-state index in [-0.39, 0.29) is 32.7 Å². The fourth-order valence-corrected chi connectivity index (χ4v) is 3.17. The summed E-state index contributed by atoms with van der Waals surface area (Å²) in [6.45, 7) is 6.89. The number of hydrogen-bond donors (Lipinski definition) is 0. The Kier molecular flexibility index (Phi) is 4.55. The first-order valence-corrected chi connectivity index (χ1v) is 8.31. The first-order valence-electron chi connectivity index (χ1n) is 6.05. The maximum absolute atomic E-state index is 13.4. The van der Waals surface area contributed by atoms with E-state index in [1.54, 1.807) is 6.07 Å².